The van der Waals surface area contributed by atoms with E-state index in [1.54, 1.807) is 17.0 Å². The zero-order valence-corrected chi connectivity index (χ0v) is 15.2. The molecule has 26 heavy (non-hydrogen) atoms. The summed E-state index contributed by atoms with van der Waals surface area (Å²) < 4.78 is 24.8. The number of halogens is 1. The highest BCUT2D eigenvalue weighted by molar-refractivity contribution is 5.95. The molecule has 2 atom stereocenters. The molecular formula is C20H27FN2O3. The maximum absolute atomic E-state index is 13.2. The van der Waals surface area contributed by atoms with Gasteiger partial charge in [-0.2, -0.15) is 0 Å². The van der Waals surface area contributed by atoms with E-state index in [1.807, 2.05) is 0 Å². The highest BCUT2D eigenvalue weighted by Crippen LogP contribution is 2.33. The van der Waals surface area contributed by atoms with Crippen molar-refractivity contribution in [2.45, 2.75) is 31.3 Å². The summed E-state index contributed by atoms with van der Waals surface area (Å²) in [5.41, 5.74) is 0.465. The molecule has 3 heterocycles. The number of ether oxygens (including phenoxy) is 2. The second-order valence-corrected chi connectivity index (χ2v) is 7.81. The van der Waals surface area contributed by atoms with Crippen LogP contribution >= 0.6 is 0 Å². The topological polar surface area (TPSA) is 42.0 Å². The van der Waals surface area contributed by atoms with Gasteiger partial charge in [0.2, 0.25) is 0 Å². The first-order valence-corrected chi connectivity index (χ1v) is 9.64. The average Bonchev–Trinajstić information content (AvgIpc) is 3.08. The molecule has 0 saturated carbocycles. The predicted octanol–water partition coefficient (Wildman–Crippen LogP) is 2.45. The van der Waals surface area contributed by atoms with Gasteiger partial charge in [-0.25, -0.2) is 4.39 Å². The van der Waals surface area contributed by atoms with Crippen molar-refractivity contribution in [1.82, 2.24) is 4.90 Å². The van der Waals surface area contributed by atoms with Gasteiger partial charge in [-0.15, -0.1) is 0 Å². The first-order chi connectivity index (χ1) is 12.6. The first-order valence-electron chi connectivity index (χ1n) is 9.64. The molecule has 1 spiro atoms. The normalized spacial score (nSPS) is 30.7. The van der Waals surface area contributed by atoms with Crippen LogP contribution in [0.25, 0.3) is 0 Å². The summed E-state index contributed by atoms with van der Waals surface area (Å²) in [5.74, 6) is 0.310. The fourth-order valence-electron chi connectivity index (χ4n) is 4.37. The van der Waals surface area contributed by atoms with Crippen molar-refractivity contribution < 1.29 is 18.7 Å². The third-order valence-corrected chi connectivity index (χ3v) is 5.92. The molecule has 0 aliphatic carbocycles. The largest absolute Gasteiger partial charge is 0.381 e. The number of anilines is 1. The number of hydrogen-bond donors (Lipinski definition) is 0. The number of hydrogen-bond acceptors (Lipinski definition) is 4. The van der Waals surface area contributed by atoms with Gasteiger partial charge in [0.05, 0.1) is 18.8 Å². The minimum absolute atomic E-state index is 0.0496. The molecule has 0 aromatic heterocycles. The Morgan fingerprint density at radius 2 is 2.04 bits per heavy atom. The summed E-state index contributed by atoms with van der Waals surface area (Å²) in [5, 5.41) is 0. The fourth-order valence-corrected chi connectivity index (χ4v) is 4.37. The Morgan fingerprint density at radius 3 is 2.81 bits per heavy atom. The van der Waals surface area contributed by atoms with Gasteiger partial charge in [0.15, 0.2) is 0 Å². The monoisotopic (exact) mass is 362 g/mol. The van der Waals surface area contributed by atoms with E-state index in [-0.39, 0.29) is 23.9 Å². The lowest BCUT2D eigenvalue weighted by molar-refractivity contribution is -0.140. The summed E-state index contributed by atoms with van der Waals surface area (Å²) in [6.07, 6.45) is 4.10. The molecule has 5 nitrogen and oxygen atoms in total. The van der Waals surface area contributed by atoms with Crippen LogP contribution in [-0.2, 0) is 14.3 Å². The molecule has 3 fully saturated rings. The van der Waals surface area contributed by atoms with Crippen LogP contribution in [-0.4, -0.2) is 62.4 Å². The van der Waals surface area contributed by atoms with Gasteiger partial charge in [-0.3, -0.25) is 4.79 Å². The first kappa shape index (κ1) is 17.9. The second kappa shape index (κ2) is 7.62. The maximum atomic E-state index is 13.2. The molecular weight excluding hydrogens is 335 g/mol. The Hall–Kier alpha value is -1.50. The van der Waals surface area contributed by atoms with Crippen LogP contribution in [0.15, 0.2) is 24.3 Å². The molecule has 0 bridgehead atoms. The number of nitrogens with zero attached hydrogens (tertiary/aromatic N) is 2. The van der Waals surface area contributed by atoms with E-state index in [0.29, 0.717) is 12.5 Å². The Balaban J connectivity index is 1.42. The third kappa shape index (κ3) is 3.92. The molecule has 1 amide bonds. The van der Waals surface area contributed by atoms with Gasteiger partial charge in [0.25, 0.3) is 5.91 Å². The van der Waals surface area contributed by atoms with Crippen molar-refractivity contribution in [3.05, 3.63) is 30.1 Å². The number of carbonyl (C=O) groups is 1. The maximum Gasteiger partial charge on any atom is 0.253 e. The zero-order chi connectivity index (χ0) is 18.0. The highest BCUT2D eigenvalue weighted by Gasteiger charge is 2.41. The molecule has 3 aliphatic heterocycles. The molecule has 3 aliphatic rings. The number of rotatable bonds is 3. The number of morpholine rings is 1. The summed E-state index contributed by atoms with van der Waals surface area (Å²) in [7, 11) is 0. The number of amides is 1. The molecule has 0 N–H and O–H groups in total. The van der Waals surface area contributed by atoms with Crippen molar-refractivity contribution >= 4 is 11.6 Å². The van der Waals surface area contributed by atoms with Crippen molar-refractivity contribution in [2.75, 3.05) is 50.9 Å². The van der Waals surface area contributed by atoms with Crippen LogP contribution in [0.3, 0.4) is 0 Å². The van der Waals surface area contributed by atoms with E-state index in [1.165, 1.54) is 12.1 Å². The molecule has 0 radical (unpaired) electrons. The molecule has 3 saturated heterocycles. The summed E-state index contributed by atoms with van der Waals surface area (Å²) >= 11 is 0. The average molecular weight is 362 g/mol. The number of likely N-dealkylation sites (tertiary alicyclic amines) is 1. The van der Waals surface area contributed by atoms with Gasteiger partial charge in [0.1, 0.15) is 12.4 Å². The van der Waals surface area contributed by atoms with Crippen LogP contribution in [0.4, 0.5) is 10.1 Å². The predicted molar refractivity (Wildman–Crippen MR) is 96.7 cm³/mol. The van der Waals surface area contributed by atoms with Crippen molar-refractivity contribution in [1.29, 1.82) is 0 Å². The van der Waals surface area contributed by atoms with Crippen molar-refractivity contribution in [2.24, 2.45) is 5.92 Å². The van der Waals surface area contributed by atoms with Crippen LogP contribution < -0.4 is 4.90 Å². The van der Waals surface area contributed by atoms with Gasteiger partial charge in [-0.05, 0) is 62.4 Å². The van der Waals surface area contributed by atoms with Crippen LogP contribution in [0, 0.1) is 11.7 Å². The lowest BCUT2D eigenvalue weighted by Crippen LogP contribution is -2.55. The lowest BCUT2D eigenvalue weighted by atomic mass is 9.92. The molecule has 4 rings (SSSR count). The van der Waals surface area contributed by atoms with Gasteiger partial charge < -0.3 is 19.3 Å². The van der Waals surface area contributed by atoms with E-state index < -0.39 is 0 Å². The van der Waals surface area contributed by atoms with Gasteiger partial charge >= 0.3 is 0 Å². The Morgan fingerprint density at radius 1 is 1.19 bits per heavy atom. The van der Waals surface area contributed by atoms with Crippen LogP contribution in [0.2, 0.25) is 0 Å². The molecule has 1 aromatic carbocycles. The van der Waals surface area contributed by atoms with E-state index in [9.17, 15) is 9.18 Å². The number of benzene rings is 1. The van der Waals surface area contributed by atoms with Crippen molar-refractivity contribution in [3.63, 3.8) is 0 Å². The number of carbonyl (C=O) groups excluding carboxylic acids is 1. The fraction of sp³-hybridized carbons (Fsp3) is 0.650. The SMILES string of the molecule is O=C1COC2(CCCN(CC3CCOC3)CC2)CN1c1ccc(F)cc1. The van der Waals surface area contributed by atoms with Crippen LogP contribution in [0.1, 0.15) is 25.7 Å². The zero-order valence-electron chi connectivity index (χ0n) is 15.2. The quantitative estimate of drug-likeness (QED) is 0.828. The Bertz CT molecular complexity index is 632. The Labute approximate surface area is 154 Å². The molecule has 2 unspecified atom stereocenters. The third-order valence-electron chi connectivity index (χ3n) is 5.92. The summed E-state index contributed by atoms with van der Waals surface area (Å²) in [4.78, 5) is 16.7. The van der Waals surface area contributed by atoms with E-state index in [4.69, 9.17) is 9.47 Å². The van der Waals surface area contributed by atoms with E-state index in [0.717, 1.165) is 64.2 Å². The smallest absolute Gasteiger partial charge is 0.253 e. The van der Waals surface area contributed by atoms with Crippen LogP contribution in [0.5, 0.6) is 0 Å². The second-order valence-electron chi connectivity index (χ2n) is 7.81. The van der Waals surface area contributed by atoms with Gasteiger partial charge in [0, 0.05) is 25.4 Å². The lowest BCUT2D eigenvalue weighted by Gasteiger charge is -2.42. The highest BCUT2D eigenvalue weighted by atomic mass is 19.1. The standard InChI is InChI=1S/C20H27FN2O3/c21-17-2-4-18(5-3-17)23-15-20(26-14-19(23)24)7-1-9-22(10-8-20)12-16-6-11-25-13-16/h2-5,16H,1,6-15H2. The molecule has 142 valence electrons. The van der Waals surface area contributed by atoms with E-state index in [2.05, 4.69) is 4.90 Å². The Kier molecular flexibility index (Phi) is 5.25. The van der Waals surface area contributed by atoms with Gasteiger partial charge in [-0.1, -0.05) is 0 Å². The van der Waals surface area contributed by atoms with E-state index >= 15 is 0 Å². The molecule has 1 aromatic rings. The molecule has 6 heteroatoms. The minimum Gasteiger partial charge on any atom is -0.381 e. The minimum atomic E-state index is -0.288. The summed E-state index contributed by atoms with van der Waals surface area (Å²) in [6, 6.07) is 6.16. The van der Waals surface area contributed by atoms with Crippen molar-refractivity contribution in [3.8, 4) is 0 Å². The summed E-state index contributed by atoms with van der Waals surface area (Å²) in [6.45, 7) is 5.59.